The molecule has 2 aliphatic rings. The van der Waals surface area contributed by atoms with Crippen molar-refractivity contribution in [3.63, 3.8) is 0 Å². The molecule has 2 bridgehead atoms. The van der Waals surface area contributed by atoms with Gasteiger partial charge in [0.2, 0.25) is 5.91 Å². The van der Waals surface area contributed by atoms with Crippen molar-refractivity contribution < 1.29 is 14.3 Å². The number of rotatable bonds is 7. The molecule has 45 heavy (non-hydrogen) atoms. The molecule has 0 spiro atoms. The Kier molecular flexibility index (Phi) is 7.37. The maximum absolute atomic E-state index is 13.1. The van der Waals surface area contributed by atoms with Gasteiger partial charge in [-0.25, -0.2) is 24.5 Å². The number of pyridine rings is 2. The molecule has 13 nitrogen and oxygen atoms in total. The topological polar surface area (TPSA) is 126 Å². The summed E-state index contributed by atoms with van der Waals surface area (Å²) in [6.45, 7) is 6.30. The zero-order valence-electron chi connectivity index (χ0n) is 25.6. The van der Waals surface area contributed by atoms with E-state index in [2.05, 4.69) is 42.1 Å². The van der Waals surface area contributed by atoms with E-state index in [1.807, 2.05) is 74.6 Å². The van der Waals surface area contributed by atoms with Crippen molar-refractivity contribution in [2.24, 2.45) is 0 Å². The highest BCUT2D eigenvalue weighted by Gasteiger charge is 2.35. The first-order valence-electron chi connectivity index (χ1n) is 14.9. The molecule has 230 valence electrons. The number of carbonyl (C=O) groups excluding carboxylic acids is 1. The minimum absolute atomic E-state index is 0.00137. The molecule has 1 N–H and O–H groups in total. The summed E-state index contributed by atoms with van der Waals surface area (Å²) in [6, 6.07) is 11.5. The van der Waals surface area contributed by atoms with Crippen LogP contribution in [0.1, 0.15) is 12.5 Å². The predicted octanol–water partition coefficient (Wildman–Crippen LogP) is 3.83. The third-order valence-electron chi connectivity index (χ3n) is 8.30. The lowest BCUT2D eigenvalue weighted by Gasteiger charge is -2.39. The van der Waals surface area contributed by atoms with E-state index in [-0.39, 0.29) is 18.0 Å². The molecular formula is C32H34N10O3. The number of likely N-dealkylation sites (N-methyl/N-ethyl adjacent to an activating group) is 1. The van der Waals surface area contributed by atoms with Crippen molar-refractivity contribution in [3.05, 3.63) is 73.0 Å². The fourth-order valence-electron chi connectivity index (χ4n) is 5.50. The maximum Gasteiger partial charge on any atom is 0.246 e. The lowest BCUT2D eigenvalue weighted by atomic mass is 10.1. The zero-order chi connectivity index (χ0) is 31.1. The number of hydrogen-bond acceptors (Lipinski definition) is 11. The van der Waals surface area contributed by atoms with Gasteiger partial charge in [0.15, 0.2) is 23.0 Å². The number of amides is 1. The van der Waals surface area contributed by atoms with Crippen molar-refractivity contribution in [2.75, 3.05) is 50.6 Å². The number of fused-ring (bicyclic) bond motifs is 6. The fourth-order valence-corrected chi connectivity index (χ4v) is 5.50. The van der Waals surface area contributed by atoms with Gasteiger partial charge in [-0.15, -0.1) is 0 Å². The van der Waals surface area contributed by atoms with Crippen LogP contribution in [0.25, 0.3) is 16.7 Å². The van der Waals surface area contributed by atoms with Crippen molar-refractivity contribution >= 4 is 39.9 Å². The summed E-state index contributed by atoms with van der Waals surface area (Å²) in [6.07, 6.45) is 8.45. The Morgan fingerprint density at radius 3 is 2.87 bits per heavy atom. The van der Waals surface area contributed by atoms with Gasteiger partial charge < -0.3 is 29.5 Å². The third kappa shape index (κ3) is 5.69. The molecule has 2 unspecified atom stereocenters. The molecule has 2 atom stereocenters. The Morgan fingerprint density at radius 1 is 1.13 bits per heavy atom. The predicted molar refractivity (Wildman–Crippen MR) is 170 cm³/mol. The number of hydrogen-bond donors (Lipinski definition) is 1. The summed E-state index contributed by atoms with van der Waals surface area (Å²) in [4.78, 5) is 37.5. The number of benzene rings is 1. The first-order valence-corrected chi connectivity index (χ1v) is 14.9. The second kappa shape index (κ2) is 11.7. The summed E-state index contributed by atoms with van der Waals surface area (Å²) in [5.41, 5.74) is 3.79. The first-order chi connectivity index (χ1) is 21.8. The molecule has 1 fully saturated rings. The van der Waals surface area contributed by atoms with E-state index in [4.69, 9.17) is 14.5 Å². The van der Waals surface area contributed by atoms with Crippen molar-refractivity contribution in [1.82, 2.24) is 39.3 Å². The van der Waals surface area contributed by atoms with Gasteiger partial charge >= 0.3 is 0 Å². The van der Waals surface area contributed by atoms with Crippen molar-refractivity contribution in [3.8, 4) is 17.2 Å². The van der Waals surface area contributed by atoms with Crippen LogP contribution in [-0.2, 0) is 4.79 Å². The Balaban J connectivity index is 1.10. The summed E-state index contributed by atoms with van der Waals surface area (Å²) >= 11 is 0. The van der Waals surface area contributed by atoms with Gasteiger partial charge in [-0.2, -0.15) is 5.10 Å². The van der Waals surface area contributed by atoms with E-state index in [0.29, 0.717) is 60.2 Å². The van der Waals surface area contributed by atoms with Gasteiger partial charge in [0.1, 0.15) is 36.3 Å². The number of aryl methyl sites for hydroxylation is 1. The lowest BCUT2D eigenvalue weighted by Crippen LogP contribution is -2.56. The van der Waals surface area contributed by atoms with E-state index in [9.17, 15) is 4.79 Å². The largest absolute Gasteiger partial charge is 0.487 e. The zero-order valence-corrected chi connectivity index (χ0v) is 25.6. The molecule has 0 saturated carbocycles. The van der Waals surface area contributed by atoms with Gasteiger partial charge in [0, 0.05) is 55.8 Å². The van der Waals surface area contributed by atoms with Gasteiger partial charge in [0.05, 0.1) is 11.6 Å². The normalized spacial score (nSPS) is 17.0. The number of nitrogens with zero attached hydrogens (tertiary/aromatic N) is 9. The molecule has 4 aromatic heterocycles. The van der Waals surface area contributed by atoms with E-state index >= 15 is 0 Å². The van der Waals surface area contributed by atoms with E-state index < -0.39 is 0 Å². The molecule has 13 heteroatoms. The van der Waals surface area contributed by atoms with Crippen LogP contribution >= 0.6 is 0 Å². The minimum atomic E-state index is -0.0893. The molecule has 6 heterocycles. The lowest BCUT2D eigenvalue weighted by molar-refractivity contribution is -0.129. The number of piperazine rings is 1. The number of carbonyl (C=O) groups is 1. The van der Waals surface area contributed by atoms with Crippen molar-refractivity contribution in [2.45, 2.75) is 25.9 Å². The highest BCUT2D eigenvalue weighted by molar-refractivity contribution is 5.90. The van der Waals surface area contributed by atoms with E-state index in [1.54, 1.807) is 10.6 Å². The monoisotopic (exact) mass is 606 g/mol. The average Bonchev–Trinajstić information content (AvgIpc) is 3.46. The highest BCUT2D eigenvalue weighted by Crippen LogP contribution is 2.36. The summed E-state index contributed by atoms with van der Waals surface area (Å²) in [7, 11) is 3.99. The van der Waals surface area contributed by atoms with E-state index in [1.165, 1.54) is 12.7 Å². The number of nitrogens with one attached hydrogen (secondary N) is 1. The summed E-state index contributed by atoms with van der Waals surface area (Å²) in [5.74, 6) is 3.38. The summed E-state index contributed by atoms with van der Waals surface area (Å²) < 4.78 is 14.1. The van der Waals surface area contributed by atoms with Crippen molar-refractivity contribution in [1.29, 1.82) is 0 Å². The smallest absolute Gasteiger partial charge is 0.246 e. The SMILES string of the molecule is Cc1cc(Nc2ncnc3cc4c(nc23)N2CCN(C(=O)/C=C/C(C)N(C)C)C(CO4)C2)ccc1Oc1ccn2ncnc2c1. The first kappa shape index (κ1) is 28.5. The summed E-state index contributed by atoms with van der Waals surface area (Å²) in [5, 5.41) is 7.54. The van der Waals surface area contributed by atoms with Gasteiger partial charge in [0.25, 0.3) is 0 Å². The molecule has 1 saturated heterocycles. The van der Waals surface area contributed by atoms with Crippen LogP contribution < -0.4 is 19.7 Å². The van der Waals surface area contributed by atoms with Crippen LogP contribution in [0.2, 0.25) is 0 Å². The van der Waals surface area contributed by atoms with Crippen LogP contribution in [-0.4, -0.2) is 97.7 Å². The van der Waals surface area contributed by atoms with Crippen LogP contribution in [0.3, 0.4) is 0 Å². The third-order valence-corrected chi connectivity index (χ3v) is 8.30. The Morgan fingerprint density at radius 2 is 2.02 bits per heavy atom. The number of ether oxygens (including phenoxy) is 2. The molecule has 0 radical (unpaired) electrons. The molecule has 5 aromatic rings. The number of anilines is 3. The molecule has 0 aliphatic carbocycles. The Labute approximate surface area is 260 Å². The highest BCUT2D eigenvalue weighted by atomic mass is 16.5. The van der Waals surface area contributed by atoms with Crippen LogP contribution in [0, 0.1) is 6.92 Å². The van der Waals surface area contributed by atoms with Gasteiger partial charge in [-0.1, -0.05) is 6.08 Å². The van der Waals surface area contributed by atoms with Crippen LogP contribution in [0.4, 0.5) is 17.3 Å². The van der Waals surface area contributed by atoms with Crippen LogP contribution in [0.5, 0.6) is 17.2 Å². The maximum atomic E-state index is 13.1. The fraction of sp³-hybridized carbons (Fsp3) is 0.312. The Hall–Kier alpha value is -5.30. The standard InChI is InChI=1S/C32H34N10O3/c1-20-13-22(6-7-26(20)45-24-9-10-42-28(14-24)34-19-36-42)37-31-30-25(33-18-35-31)15-27-32(38-30)40-11-12-41(23(16-40)17-44-27)29(43)8-5-21(2)39(3)4/h5-10,13-15,18-19,21,23H,11-12,16-17H2,1-4H3,(H,33,35,37)/b8-5+. The van der Waals surface area contributed by atoms with Crippen LogP contribution in [0.15, 0.2) is 67.4 Å². The average molecular weight is 607 g/mol. The molecule has 2 aliphatic heterocycles. The Bertz CT molecular complexity index is 1920. The number of aromatic nitrogens is 6. The molecule has 1 amide bonds. The van der Waals surface area contributed by atoms with Gasteiger partial charge in [-0.05, 0) is 57.8 Å². The molecular weight excluding hydrogens is 572 g/mol. The van der Waals surface area contributed by atoms with E-state index in [0.717, 1.165) is 22.8 Å². The second-order valence-electron chi connectivity index (χ2n) is 11.5. The molecule has 7 rings (SSSR count). The second-order valence-corrected chi connectivity index (χ2v) is 11.5. The quantitative estimate of drug-likeness (QED) is 0.272. The van der Waals surface area contributed by atoms with Gasteiger partial charge in [-0.3, -0.25) is 4.79 Å². The molecule has 1 aromatic carbocycles. The minimum Gasteiger partial charge on any atom is -0.487 e.